The van der Waals surface area contributed by atoms with Crippen LogP contribution in [0.1, 0.15) is 5.56 Å². The van der Waals surface area contributed by atoms with E-state index in [9.17, 15) is 0 Å². The van der Waals surface area contributed by atoms with E-state index in [1.165, 1.54) is 0 Å². The summed E-state index contributed by atoms with van der Waals surface area (Å²) in [5.74, 6) is 0.647. The number of nitrogens with one attached hydrogen (secondary N) is 1. The molecule has 2 aromatic carbocycles. The van der Waals surface area contributed by atoms with Crippen molar-refractivity contribution >= 4 is 44.8 Å². The summed E-state index contributed by atoms with van der Waals surface area (Å²) in [5.41, 5.74) is 1.96. The second-order valence-electron chi connectivity index (χ2n) is 3.94. The van der Waals surface area contributed by atoms with Gasteiger partial charge >= 0.3 is 0 Å². The lowest BCUT2D eigenvalue weighted by atomic mass is 10.2. The molecule has 2 nitrogen and oxygen atoms in total. The van der Waals surface area contributed by atoms with Crippen molar-refractivity contribution in [3.05, 3.63) is 56.5 Å². The van der Waals surface area contributed by atoms with Gasteiger partial charge in [0.15, 0.2) is 0 Å². The third-order valence-electron chi connectivity index (χ3n) is 2.65. The van der Waals surface area contributed by atoms with Gasteiger partial charge in [-0.3, -0.25) is 0 Å². The highest BCUT2D eigenvalue weighted by Gasteiger charge is 2.04. The average Bonchev–Trinajstić information content (AvgIpc) is 2.39. The minimum atomic E-state index is 0.592. The van der Waals surface area contributed by atoms with Gasteiger partial charge in [0, 0.05) is 27.8 Å². The monoisotopic (exact) mass is 359 g/mol. The van der Waals surface area contributed by atoms with Gasteiger partial charge in [0.25, 0.3) is 0 Å². The highest BCUT2D eigenvalue weighted by molar-refractivity contribution is 9.10. The first-order valence-electron chi connectivity index (χ1n) is 5.61. The first-order valence-corrected chi connectivity index (χ1v) is 7.16. The summed E-state index contributed by atoms with van der Waals surface area (Å²) >= 11 is 15.5. The zero-order chi connectivity index (χ0) is 13.8. The zero-order valence-corrected chi connectivity index (χ0v) is 13.3. The zero-order valence-electron chi connectivity index (χ0n) is 10.2. The van der Waals surface area contributed by atoms with Gasteiger partial charge in [-0.2, -0.15) is 0 Å². The molecule has 0 aromatic heterocycles. The topological polar surface area (TPSA) is 21.3 Å². The van der Waals surface area contributed by atoms with E-state index in [4.69, 9.17) is 27.9 Å². The molecular weight excluding hydrogens is 349 g/mol. The van der Waals surface area contributed by atoms with Crippen molar-refractivity contribution in [3.63, 3.8) is 0 Å². The van der Waals surface area contributed by atoms with Crippen LogP contribution in [0.25, 0.3) is 0 Å². The molecule has 2 aromatic rings. The summed E-state index contributed by atoms with van der Waals surface area (Å²) in [6.45, 7) is 0.636. The molecule has 0 radical (unpaired) electrons. The van der Waals surface area contributed by atoms with Crippen molar-refractivity contribution in [2.24, 2.45) is 0 Å². The molecule has 0 fully saturated rings. The predicted molar refractivity (Wildman–Crippen MR) is 84.5 cm³/mol. The van der Waals surface area contributed by atoms with E-state index in [1.807, 2.05) is 30.3 Å². The molecule has 0 aliphatic heterocycles. The van der Waals surface area contributed by atoms with Crippen LogP contribution in [0.15, 0.2) is 40.9 Å². The number of anilines is 1. The molecule has 0 unspecified atom stereocenters. The Hall–Kier alpha value is -0.900. The van der Waals surface area contributed by atoms with E-state index in [2.05, 4.69) is 21.2 Å². The van der Waals surface area contributed by atoms with E-state index in [-0.39, 0.29) is 0 Å². The van der Waals surface area contributed by atoms with Crippen LogP contribution < -0.4 is 10.1 Å². The Kier molecular flexibility index (Phi) is 4.97. The third-order valence-corrected chi connectivity index (χ3v) is 3.81. The second-order valence-corrected chi connectivity index (χ2v) is 5.67. The maximum Gasteiger partial charge on any atom is 0.139 e. The van der Waals surface area contributed by atoms with Crippen LogP contribution in [-0.2, 0) is 6.54 Å². The van der Waals surface area contributed by atoms with E-state index in [0.717, 1.165) is 20.7 Å². The highest BCUT2D eigenvalue weighted by Crippen LogP contribution is 2.28. The summed E-state index contributed by atoms with van der Waals surface area (Å²) in [4.78, 5) is 0. The van der Waals surface area contributed by atoms with Crippen LogP contribution in [0, 0.1) is 0 Å². The molecule has 0 amide bonds. The van der Waals surface area contributed by atoms with E-state index in [1.54, 1.807) is 13.2 Å². The van der Waals surface area contributed by atoms with Gasteiger partial charge in [0.2, 0.25) is 0 Å². The first-order chi connectivity index (χ1) is 9.10. The standard InChI is InChI=1S/C14H12BrCl2NO/c1-19-14-7-11(4-5-12(14)16)18-8-9-2-3-10(15)6-13(9)17/h2-7,18H,8H2,1H3. The first kappa shape index (κ1) is 14.5. The van der Waals surface area contributed by atoms with Gasteiger partial charge in [0.1, 0.15) is 5.75 Å². The molecule has 1 N–H and O–H groups in total. The number of methoxy groups -OCH3 is 1. The summed E-state index contributed by atoms with van der Waals surface area (Å²) in [6.07, 6.45) is 0. The molecule has 5 heteroatoms. The number of benzene rings is 2. The summed E-state index contributed by atoms with van der Waals surface area (Å²) in [7, 11) is 1.59. The lowest BCUT2D eigenvalue weighted by Crippen LogP contribution is -2.00. The summed E-state index contributed by atoms with van der Waals surface area (Å²) in [5, 5.41) is 4.60. The van der Waals surface area contributed by atoms with Crippen LogP contribution in [0.2, 0.25) is 10.0 Å². The van der Waals surface area contributed by atoms with Crippen molar-refractivity contribution in [3.8, 4) is 5.75 Å². The SMILES string of the molecule is COc1cc(NCc2ccc(Br)cc2Cl)ccc1Cl. The molecule has 2 rings (SSSR count). The van der Waals surface area contributed by atoms with Crippen molar-refractivity contribution in [2.45, 2.75) is 6.54 Å². The molecule has 19 heavy (non-hydrogen) atoms. The van der Waals surface area contributed by atoms with Crippen LogP contribution >= 0.6 is 39.1 Å². The molecule has 0 bridgehead atoms. The lowest BCUT2D eigenvalue weighted by molar-refractivity contribution is 0.415. The van der Waals surface area contributed by atoms with Gasteiger partial charge in [-0.25, -0.2) is 0 Å². The van der Waals surface area contributed by atoms with Crippen molar-refractivity contribution in [1.29, 1.82) is 0 Å². The molecule has 0 aliphatic carbocycles. The molecule has 0 aliphatic rings. The third kappa shape index (κ3) is 3.78. The highest BCUT2D eigenvalue weighted by atomic mass is 79.9. The summed E-state index contributed by atoms with van der Waals surface area (Å²) in [6, 6.07) is 11.4. The van der Waals surface area contributed by atoms with E-state index < -0.39 is 0 Å². The second kappa shape index (κ2) is 6.51. The molecule has 0 heterocycles. The fraction of sp³-hybridized carbons (Fsp3) is 0.143. The van der Waals surface area contributed by atoms with E-state index >= 15 is 0 Å². The fourth-order valence-electron chi connectivity index (χ4n) is 1.63. The van der Waals surface area contributed by atoms with Crippen LogP contribution in [0.4, 0.5) is 5.69 Å². The van der Waals surface area contributed by atoms with E-state index in [0.29, 0.717) is 17.3 Å². The molecular formula is C14H12BrCl2NO. The van der Waals surface area contributed by atoms with Crippen LogP contribution in [-0.4, -0.2) is 7.11 Å². The Bertz CT molecular complexity index is 590. The molecule has 0 saturated carbocycles. The van der Waals surface area contributed by atoms with Gasteiger partial charge in [0.05, 0.1) is 12.1 Å². The van der Waals surface area contributed by atoms with Crippen molar-refractivity contribution in [1.82, 2.24) is 0 Å². The Morgan fingerprint density at radius 1 is 1.11 bits per heavy atom. The summed E-state index contributed by atoms with van der Waals surface area (Å²) < 4.78 is 6.14. The van der Waals surface area contributed by atoms with Crippen LogP contribution in [0.3, 0.4) is 0 Å². The number of halogens is 3. The number of hydrogen-bond acceptors (Lipinski definition) is 2. The van der Waals surface area contributed by atoms with Crippen molar-refractivity contribution < 1.29 is 4.74 Å². The number of hydrogen-bond donors (Lipinski definition) is 1. The maximum absolute atomic E-state index is 6.16. The van der Waals surface area contributed by atoms with Crippen molar-refractivity contribution in [2.75, 3.05) is 12.4 Å². The predicted octanol–water partition coefficient (Wildman–Crippen LogP) is 5.38. The Labute approximate surface area is 130 Å². The number of ether oxygens (including phenoxy) is 1. The molecule has 0 atom stereocenters. The van der Waals surface area contributed by atoms with Crippen LogP contribution in [0.5, 0.6) is 5.75 Å². The van der Waals surface area contributed by atoms with Gasteiger partial charge in [-0.1, -0.05) is 45.2 Å². The fourth-order valence-corrected chi connectivity index (χ4v) is 2.57. The molecule has 0 spiro atoms. The van der Waals surface area contributed by atoms with Gasteiger partial charge < -0.3 is 10.1 Å². The average molecular weight is 361 g/mol. The molecule has 100 valence electrons. The lowest BCUT2D eigenvalue weighted by Gasteiger charge is -2.10. The Morgan fingerprint density at radius 2 is 1.89 bits per heavy atom. The maximum atomic E-state index is 6.16. The Balaban J connectivity index is 2.10. The minimum Gasteiger partial charge on any atom is -0.495 e. The normalized spacial score (nSPS) is 10.3. The minimum absolute atomic E-state index is 0.592. The quantitative estimate of drug-likeness (QED) is 0.790. The van der Waals surface area contributed by atoms with Gasteiger partial charge in [-0.15, -0.1) is 0 Å². The largest absolute Gasteiger partial charge is 0.495 e. The number of rotatable bonds is 4. The van der Waals surface area contributed by atoms with Gasteiger partial charge in [-0.05, 0) is 29.8 Å². The smallest absolute Gasteiger partial charge is 0.139 e. The Morgan fingerprint density at radius 3 is 2.58 bits per heavy atom. The molecule has 0 saturated heterocycles.